The zero-order valence-corrected chi connectivity index (χ0v) is 18.5. The van der Waals surface area contributed by atoms with Gasteiger partial charge in [-0.2, -0.15) is 4.98 Å². The number of carbonyl (C=O) groups excluding carboxylic acids is 2. The van der Waals surface area contributed by atoms with Gasteiger partial charge in [-0.05, 0) is 39.0 Å². The molecule has 1 aliphatic rings. The highest BCUT2D eigenvalue weighted by atomic mass is 35.5. The monoisotopic (exact) mass is 434 g/mol. The molecule has 1 aromatic heterocycles. The quantitative estimate of drug-likeness (QED) is 0.649. The van der Waals surface area contributed by atoms with Crippen LogP contribution in [0.5, 0.6) is 5.75 Å². The van der Waals surface area contributed by atoms with E-state index in [4.69, 9.17) is 20.9 Å². The summed E-state index contributed by atoms with van der Waals surface area (Å²) in [7, 11) is 1.59. The molecule has 0 aliphatic carbocycles. The van der Waals surface area contributed by atoms with Crippen LogP contribution in [-0.2, 0) is 16.0 Å². The summed E-state index contributed by atoms with van der Waals surface area (Å²) in [6, 6.07) is 7.19. The van der Waals surface area contributed by atoms with Crippen molar-refractivity contribution in [2.45, 2.75) is 33.2 Å². The zero-order chi connectivity index (χ0) is 21.9. The molecule has 3 rings (SSSR count). The number of nitrogens with zero attached hydrogens (tertiary/aromatic N) is 4. The van der Waals surface area contributed by atoms with Crippen molar-refractivity contribution in [1.29, 1.82) is 0 Å². The number of hydrogen-bond donors (Lipinski definition) is 0. The number of benzene rings is 1. The highest BCUT2D eigenvalue weighted by Crippen LogP contribution is 2.25. The minimum atomic E-state index is -0.622. The molecule has 2 heterocycles. The molecular formula is C21H27ClN4O4. The molecule has 162 valence electrons. The molecule has 0 N–H and O–H groups in total. The van der Waals surface area contributed by atoms with Crippen LogP contribution in [0.25, 0.3) is 11.5 Å². The number of amides is 2. The second-order valence-electron chi connectivity index (χ2n) is 8.13. The van der Waals surface area contributed by atoms with Gasteiger partial charge in [0.25, 0.3) is 5.89 Å². The predicted octanol–water partition coefficient (Wildman–Crippen LogP) is 2.61. The number of carbonyl (C=O) groups is 2. The Kier molecular flexibility index (Phi) is 6.65. The molecule has 0 saturated carbocycles. The first kappa shape index (κ1) is 22.1. The van der Waals surface area contributed by atoms with E-state index in [1.807, 2.05) is 39.0 Å². The number of alkyl halides is 1. The lowest BCUT2D eigenvalue weighted by atomic mass is 9.93. The largest absolute Gasteiger partial charge is 0.497 e. The molecule has 1 unspecified atom stereocenters. The fraction of sp³-hybridized carbons (Fsp3) is 0.524. The van der Waals surface area contributed by atoms with E-state index in [1.165, 1.54) is 0 Å². The molecule has 0 spiro atoms. The average molecular weight is 435 g/mol. The molecule has 2 aromatic rings. The van der Waals surface area contributed by atoms with Crippen molar-refractivity contribution in [3.05, 3.63) is 30.1 Å². The number of rotatable bonds is 6. The molecule has 1 saturated heterocycles. The first-order chi connectivity index (χ1) is 14.2. The van der Waals surface area contributed by atoms with Crippen molar-refractivity contribution in [2.75, 3.05) is 32.6 Å². The van der Waals surface area contributed by atoms with Crippen LogP contribution in [0.4, 0.5) is 0 Å². The Morgan fingerprint density at radius 1 is 1.33 bits per heavy atom. The van der Waals surface area contributed by atoms with Crippen LogP contribution >= 0.6 is 11.6 Å². The van der Waals surface area contributed by atoms with Crippen LogP contribution in [0, 0.1) is 5.41 Å². The van der Waals surface area contributed by atoms with Crippen molar-refractivity contribution in [1.82, 2.24) is 19.9 Å². The van der Waals surface area contributed by atoms with Gasteiger partial charge in [0.2, 0.25) is 11.8 Å². The Morgan fingerprint density at radius 2 is 2.10 bits per heavy atom. The molecule has 1 atom stereocenters. The number of ether oxygens (including phenoxy) is 1. The van der Waals surface area contributed by atoms with Gasteiger partial charge < -0.3 is 19.1 Å². The van der Waals surface area contributed by atoms with Crippen LogP contribution in [-0.4, -0.2) is 70.4 Å². The number of piperazine rings is 1. The molecule has 30 heavy (non-hydrogen) atoms. The minimum Gasteiger partial charge on any atom is -0.497 e. The summed E-state index contributed by atoms with van der Waals surface area (Å²) in [5, 5.41) is 3.93. The normalized spacial score (nSPS) is 17.2. The van der Waals surface area contributed by atoms with Crippen molar-refractivity contribution < 1.29 is 18.8 Å². The third-order valence-corrected chi connectivity index (χ3v) is 5.92. The Labute approximate surface area is 181 Å². The number of aromatic nitrogens is 2. The third kappa shape index (κ3) is 4.75. The Bertz CT molecular complexity index is 914. The van der Waals surface area contributed by atoms with Crippen LogP contribution in [0.3, 0.4) is 0 Å². The predicted molar refractivity (Wildman–Crippen MR) is 112 cm³/mol. The van der Waals surface area contributed by atoms with E-state index >= 15 is 0 Å². The topological polar surface area (TPSA) is 88.8 Å². The first-order valence-corrected chi connectivity index (χ1v) is 10.4. The van der Waals surface area contributed by atoms with Gasteiger partial charge in [0.05, 0.1) is 18.9 Å². The standard InChI is InChI=1S/C21H27ClN4O4/c1-14-12-25(8-9-26(14)20(28)21(2,3)13-22)18(27)11-17-23-19(30-24-17)15-6-5-7-16(10-15)29-4/h5-7,10,14H,8-9,11-13H2,1-4H3. The summed E-state index contributed by atoms with van der Waals surface area (Å²) in [6.45, 7) is 7.02. The molecule has 1 fully saturated rings. The van der Waals surface area contributed by atoms with Crippen molar-refractivity contribution in [2.24, 2.45) is 5.41 Å². The van der Waals surface area contributed by atoms with E-state index in [2.05, 4.69) is 10.1 Å². The minimum absolute atomic E-state index is 0.0122. The molecule has 0 radical (unpaired) electrons. The fourth-order valence-electron chi connectivity index (χ4n) is 3.38. The van der Waals surface area contributed by atoms with Gasteiger partial charge in [0, 0.05) is 37.1 Å². The second-order valence-corrected chi connectivity index (χ2v) is 8.40. The molecule has 1 aromatic carbocycles. The van der Waals surface area contributed by atoms with E-state index < -0.39 is 5.41 Å². The van der Waals surface area contributed by atoms with Crippen LogP contribution < -0.4 is 4.74 Å². The lowest BCUT2D eigenvalue weighted by Crippen LogP contribution is -2.58. The number of hydrogen-bond acceptors (Lipinski definition) is 6. The number of methoxy groups -OCH3 is 1. The van der Waals surface area contributed by atoms with Gasteiger partial charge in [-0.3, -0.25) is 9.59 Å². The van der Waals surface area contributed by atoms with Gasteiger partial charge in [0.1, 0.15) is 5.75 Å². The Balaban J connectivity index is 1.61. The van der Waals surface area contributed by atoms with Gasteiger partial charge in [0.15, 0.2) is 5.82 Å². The van der Waals surface area contributed by atoms with Gasteiger partial charge >= 0.3 is 0 Å². The van der Waals surface area contributed by atoms with Crippen LogP contribution in [0.15, 0.2) is 28.8 Å². The molecule has 2 amide bonds. The Morgan fingerprint density at radius 3 is 2.77 bits per heavy atom. The fourth-order valence-corrected chi connectivity index (χ4v) is 3.49. The Hall–Kier alpha value is -2.61. The van der Waals surface area contributed by atoms with Crippen molar-refractivity contribution in [3.8, 4) is 17.2 Å². The summed E-state index contributed by atoms with van der Waals surface area (Å²) >= 11 is 5.95. The smallest absolute Gasteiger partial charge is 0.258 e. The molecule has 0 bridgehead atoms. The van der Waals surface area contributed by atoms with E-state index in [0.29, 0.717) is 37.1 Å². The summed E-state index contributed by atoms with van der Waals surface area (Å²) < 4.78 is 10.5. The summed E-state index contributed by atoms with van der Waals surface area (Å²) in [5.74, 6) is 1.52. The van der Waals surface area contributed by atoms with Crippen LogP contribution in [0.1, 0.15) is 26.6 Å². The lowest BCUT2D eigenvalue weighted by Gasteiger charge is -2.42. The third-order valence-electron chi connectivity index (χ3n) is 5.25. The van der Waals surface area contributed by atoms with Crippen molar-refractivity contribution >= 4 is 23.4 Å². The molecule has 8 nitrogen and oxygen atoms in total. The average Bonchev–Trinajstić information content (AvgIpc) is 3.21. The summed E-state index contributed by atoms with van der Waals surface area (Å²) in [5.41, 5.74) is 0.103. The SMILES string of the molecule is COc1cccc(-c2nc(CC(=O)N3CCN(C(=O)C(C)(C)CCl)C(C)C3)no2)c1. The highest BCUT2D eigenvalue weighted by molar-refractivity contribution is 6.19. The zero-order valence-electron chi connectivity index (χ0n) is 17.7. The van der Waals surface area contributed by atoms with E-state index in [1.54, 1.807) is 23.0 Å². The first-order valence-electron chi connectivity index (χ1n) is 9.87. The van der Waals surface area contributed by atoms with Crippen molar-refractivity contribution in [3.63, 3.8) is 0 Å². The summed E-state index contributed by atoms with van der Waals surface area (Å²) in [4.78, 5) is 33.3. The van der Waals surface area contributed by atoms with Gasteiger partial charge in [-0.25, -0.2) is 0 Å². The maximum Gasteiger partial charge on any atom is 0.258 e. The lowest BCUT2D eigenvalue weighted by molar-refractivity contribution is -0.147. The maximum atomic E-state index is 12.7. The van der Waals surface area contributed by atoms with E-state index in [9.17, 15) is 9.59 Å². The maximum absolute atomic E-state index is 12.7. The van der Waals surface area contributed by atoms with Gasteiger partial charge in [-0.1, -0.05) is 11.2 Å². The van der Waals surface area contributed by atoms with Crippen LogP contribution in [0.2, 0.25) is 0 Å². The second kappa shape index (κ2) is 9.04. The molecule has 1 aliphatic heterocycles. The van der Waals surface area contributed by atoms with E-state index in [-0.39, 0.29) is 30.2 Å². The molecular weight excluding hydrogens is 408 g/mol. The highest BCUT2D eigenvalue weighted by Gasteiger charge is 2.37. The summed E-state index contributed by atoms with van der Waals surface area (Å²) in [6.07, 6.45) is 0.0430. The van der Waals surface area contributed by atoms with Gasteiger partial charge in [-0.15, -0.1) is 11.6 Å². The molecule has 9 heteroatoms. The number of halogens is 1. The van der Waals surface area contributed by atoms with E-state index in [0.717, 1.165) is 5.56 Å².